The van der Waals surface area contributed by atoms with E-state index in [0.29, 0.717) is 18.6 Å². The Morgan fingerprint density at radius 2 is 2.00 bits per heavy atom. The zero-order valence-electron chi connectivity index (χ0n) is 10.3. The van der Waals surface area contributed by atoms with Crippen LogP contribution in [0, 0.1) is 0 Å². The number of hydrogen-bond donors (Lipinski definition) is 1. The molecule has 2 heteroatoms. The molecule has 1 aromatic rings. The highest BCUT2D eigenvalue weighted by Gasteiger charge is 2.00. The summed E-state index contributed by atoms with van der Waals surface area (Å²) in [5.41, 5.74) is 1.26. The lowest BCUT2D eigenvalue weighted by atomic mass is 10.1. The maximum atomic E-state index is 11.5. The molecular weight excluding hydrogens is 210 g/mol. The normalized spacial score (nSPS) is 10.1. The highest BCUT2D eigenvalue weighted by atomic mass is 16.1. The van der Waals surface area contributed by atoms with E-state index in [9.17, 15) is 4.79 Å². The molecule has 0 spiro atoms. The second-order valence-corrected chi connectivity index (χ2v) is 4.13. The average molecular weight is 231 g/mol. The Balaban J connectivity index is 2.04. The van der Waals surface area contributed by atoms with Crippen molar-refractivity contribution >= 4 is 5.78 Å². The molecule has 0 saturated carbocycles. The van der Waals surface area contributed by atoms with E-state index in [1.54, 1.807) is 0 Å². The fourth-order valence-electron chi connectivity index (χ4n) is 1.62. The fourth-order valence-corrected chi connectivity index (χ4v) is 1.62. The summed E-state index contributed by atoms with van der Waals surface area (Å²) in [5, 5.41) is 3.28. The Kier molecular flexibility index (Phi) is 6.99. The lowest BCUT2D eigenvalue weighted by Crippen LogP contribution is -2.17. The summed E-state index contributed by atoms with van der Waals surface area (Å²) < 4.78 is 0. The molecule has 0 aliphatic heterocycles. The van der Waals surface area contributed by atoms with Crippen molar-refractivity contribution in [1.82, 2.24) is 5.32 Å². The topological polar surface area (TPSA) is 29.1 Å². The van der Waals surface area contributed by atoms with E-state index in [1.807, 2.05) is 24.3 Å². The van der Waals surface area contributed by atoms with Crippen molar-refractivity contribution in [2.75, 3.05) is 6.54 Å². The Morgan fingerprint density at radius 3 is 2.71 bits per heavy atom. The van der Waals surface area contributed by atoms with Crippen LogP contribution < -0.4 is 5.32 Å². The predicted molar refractivity (Wildman–Crippen MR) is 71.8 cm³/mol. The molecule has 0 aliphatic rings. The van der Waals surface area contributed by atoms with Gasteiger partial charge in [-0.05, 0) is 18.4 Å². The van der Waals surface area contributed by atoms with Gasteiger partial charge in [-0.3, -0.25) is 4.79 Å². The lowest BCUT2D eigenvalue weighted by molar-refractivity contribution is -0.119. The molecule has 1 aromatic carbocycles. The molecule has 0 unspecified atom stereocenters. The number of nitrogens with one attached hydrogen (secondary N) is 1. The highest BCUT2D eigenvalue weighted by molar-refractivity contribution is 5.78. The van der Waals surface area contributed by atoms with Gasteiger partial charge >= 0.3 is 0 Å². The minimum atomic E-state index is 0.340. The Hall–Kier alpha value is -1.41. The summed E-state index contributed by atoms with van der Waals surface area (Å²) in [6, 6.07) is 10.2. The molecule has 0 atom stereocenters. The second-order valence-electron chi connectivity index (χ2n) is 4.13. The summed E-state index contributed by atoms with van der Waals surface area (Å²) in [5.74, 6) is 0.340. The SMILES string of the molecule is C=CCCCC(=O)CCNCc1ccccc1. The minimum absolute atomic E-state index is 0.340. The molecular formula is C15H21NO. The number of allylic oxidation sites excluding steroid dienone is 1. The predicted octanol–water partition coefficient (Wildman–Crippen LogP) is 3.09. The fraction of sp³-hybridized carbons (Fsp3) is 0.400. The number of ketones is 1. The summed E-state index contributed by atoms with van der Waals surface area (Å²) in [4.78, 5) is 11.5. The van der Waals surface area contributed by atoms with Crippen LogP contribution in [0.5, 0.6) is 0 Å². The van der Waals surface area contributed by atoms with Crippen LogP contribution in [0.2, 0.25) is 0 Å². The number of carbonyl (C=O) groups is 1. The van der Waals surface area contributed by atoms with Gasteiger partial charge in [-0.25, -0.2) is 0 Å². The third-order valence-corrected chi connectivity index (χ3v) is 2.62. The van der Waals surface area contributed by atoms with E-state index >= 15 is 0 Å². The molecule has 0 aliphatic carbocycles. The zero-order valence-corrected chi connectivity index (χ0v) is 10.3. The Labute approximate surface area is 104 Å². The molecule has 0 saturated heterocycles. The van der Waals surface area contributed by atoms with Crippen molar-refractivity contribution in [2.45, 2.75) is 32.2 Å². The summed E-state index contributed by atoms with van der Waals surface area (Å²) in [6.07, 6.45) is 5.04. The maximum Gasteiger partial charge on any atom is 0.134 e. The van der Waals surface area contributed by atoms with Crippen molar-refractivity contribution in [3.8, 4) is 0 Å². The third kappa shape index (κ3) is 6.69. The number of rotatable bonds is 9. The van der Waals surface area contributed by atoms with Gasteiger partial charge in [0.25, 0.3) is 0 Å². The van der Waals surface area contributed by atoms with Crippen molar-refractivity contribution in [3.05, 3.63) is 48.6 Å². The van der Waals surface area contributed by atoms with Crippen molar-refractivity contribution in [3.63, 3.8) is 0 Å². The first-order valence-corrected chi connectivity index (χ1v) is 6.20. The van der Waals surface area contributed by atoms with Crippen LogP contribution in [0.25, 0.3) is 0 Å². The van der Waals surface area contributed by atoms with E-state index in [1.165, 1.54) is 5.56 Å². The van der Waals surface area contributed by atoms with Gasteiger partial charge in [0.1, 0.15) is 5.78 Å². The Bertz CT molecular complexity index is 332. The van der Waals surface area contributed by atoms with Gasteiger partial charge in [0.2, 0.25) is 0 Å². The van der Waals surface area contributed by atoms with E-state index < -0.39 is 0 Å². The van der Waals surface area contributed by atoms with Crippen molar-refractivity contribution in [1.29, 1.82) is 0 Å². The quantitative estimate of drug-likeness (QED) is 0.522. The van der Waals surface area contributed by atoms with E-state index in [-0.39, 0.29) is 0 Å². The molecule has 0 fully saturated rings. The third-order valence-electron chi connectivity index (χ3n) is 2.62. The van der Waals surface area contributed by atoms with Gasteiger partial charge in [0.05, 0.1) is 0 Å². The summed E-state index contributed by atoms with van der Waals surface area (Å²) in [7, 11) is 0. The lowest BCUT2D eigenvalue weighted by Gasteiger charge is -2.04. The Morgan fingerprint density at radius 1 is 1.24 bits per heavy atom. The smallest absolute Gasteiger partial charge is 0.134 e. The van der Waals surface area contributed by atoms with Crippen LogP contribution in [-0.4, -0.2) is 12.3 Å². The van der Waals surface area contributed by atoms with Crippen LogP contribution in [0.1, 0.15) is 31.2 Å². The molecule has 0 amide bonds. The molecule has 2 nitrogen and oxygen atoms in total. The van der Waals surface area contributed by atoms with Crippen LogP contribution in [0.3, 0.4) is 0 Å². The summed E-state index contributed by atoms with van der Waals surface area (Å²) >= 11 is 0. The maximum absolute atomic E-state index is 11.5. The molecule has 0 heterocycles. The number of carbonyl (C=O) groups excluding carboxylic acids is 1. The van der Waals surface area contributed by atoms with E-state index in [2.05, 4.69) is 24.0 Å². The number of unbranched alkanes of at least 4 members (excludes halogenated alkanes) is 1. The van der Waals surface area contributed by atoms with Crippen LogP contribution in [-0.2, 0) is 11.3 Å². The number of Topliss-reactive ketones (excluding diaryl/α,β-unsaturated/α-hetero) is 1. The number of benzene rings is 1. The van der Waals surface area contributed by atoms with Gasteiger partial charge in [0.15, 0.2) is 0 Å². The molecule has 0 radical (unpaired) electrons. The van der Waals surface area contributed by atoms with Gasteiger partial charge in [-0.2, -0.15) is 0 Å². The monoisotopic (exact) mass is 231 g/mol. The first-order valence-electron chi connectivity index (χ1n) is 6.20. The van der Waals surface area contributed by atoms with Crippen LogP contribution in [0.4, 0.5) is 0 Å². The zero-order chi connectivity index (χ0) is 12.3. The number of hydrogen-bond acceptors (Lipinski definition) is 2. The van der Waals surface area contributed by atoms with Gasteiger partial charge < -0.3 is 5.32 Å². The van der Waals surface area contributed by atoms with Crippen LogP contribution >= 0.6 is 0 Å². The first-order chi connectivity index (χ1) is 8.33. The van der Waals surface area contributed by atoms with Crippen molar-refractivity contribution < 1.29 is 4.79 Å². The standard InChI is InChI=1S/C15H21NO/c1-2-3-5-10-15(17)11-12-16-13-14-8-6-4-7-9-14/h2,4,6-9,16H,1,3,5,10-13H2. The van der Waals surface area contributed by atoms with Gasteiger partial charge in [-0.15, -0.1) is 6.58 Å². The van der Waals surface area contributed by atoms with Crippen molar-refractivity contribution in [2.24, 2.45) is 0 Å². The molecule has 0 bridgehead atoms. The first kappa shape index (κ1) is 13.7. The van der Waals surface area contributed by atoms with Crippen LogP contribution in [0.15, 0.2) is 43.0 Å². The van der Waals surface area contributed by atoms with E-state index in [0.717, 1.165) is 25.9 Å². The molecule has 92 valence electrons. The molecule has 17 heavy (non-hydrogen) atoms. The average Bonchev–Trinajstić information content (AvgIpc) is 2.36. The highest BCUT2D eigenvalue weighted by Crippen LogP contribution is 2.00. The van der Waals surface area contributed by atoms with Gasteiger partial charge in [0, 0.05) is 25.9 Å². The largest absolute Gasteiger partial charge is 0.312 e. The molecule has 0 aromatic heterocycles. The molecule has 1 rings (SSSR count). The van der Waals surface area contributed by atoms with Gasteiger partial charge in [-0.1, -0.05) is 36.4 Å². The minimum Gasteiger partial charge on any atom is -0.312 e. The van der Waals surface area contributed by atoms with E-state index in [4.69, 9.17) is 0 Å². The summed E-state index contributed by atoms with van der Waals surface area (Å²) in [6.45, 7) is 5.24. The molecule has 1 N–H and O–H groups in total. The second kappa shape index (κ2) is 8.71.